The zero-order chi connectivity index (χ0) is 17.0. The number of hydrogen-bond donors (Lipinski definition) is 0. The van der Waals surface area contributed by atoms with Crippen LogP contribution in [-0.2, 0) is 0 Å². The van der Waals surface area contributed by atoms with Gasteiger partial charge in [-0.1, -0.05) is 48.7 Å². The standard InChI is InChI=1S/C22H25N2/c1-14(2)17-11-8-12-20-18-9-6-7-10-19(18)21-13-16(5)23(15(3)4)24(21)22(17)20/h6-15H,1-5H3/q+1. The number of pyridine rings is 1. The highest BCUT2D eigenvalue weighted by Crippen LogP contribution is 2.31. The van der Waals surface area contributed by atoms with Gasteiger partial charge in [-0.05, 0) is 38.8 Å². The Labute approximate surface area is 143 Å². The summed E-state index contributed by atoms with van der Waals surface area (Å²) in [5.74, 6) is 0.487. The third kappa shape index (κ3) is 1.99. The minimum absolute atomic E-state index is 0.414. The molecule has 4 rings (SSSR count). The fraction of sp³-hybridized carbons (Fsp3) is 0.318. The van der Waals surface area contributed by atoms with E-state index in [0.717, 1.165) is 0 Å². The maximum absolute atomic E-state index is 2.45. The number of rotatable bonds is 2. The van der Waals surface area contributed by atoms with E-state index in [1.807, 2.05) is 0 Å². The first-order chi connectivity index (χ1) is 11.5. The summed E-state index contributed by atoms with van der Waals surface area (Å²) in [7, 11) is 0. The molecule has 0 aliphatic heterocycles. The van der Waals surface area contributed by atoms with E-state index < -0.39 is 0 Å². The van der Waals surface area contributed by atoms with Gasteiger partial charge >= 0.3 is 0 Å². The highest BCUT2D eigenvalue weighted by atomic mass is 15.4. The number of para-hydroxylation sites is 1. The van der Waals surface area contributed by atoms with Crippen LogP contribution >= 0.6 is 0 Å². The molecule has 0 spiro atoms. The molecule has 0 radical (unpaired) electrons. The molecule has 0 amide bonds. The van der Waals surface area contributed by atoms with E-state index in [-0.39, 0.29) is 0 Å². The molecule has 0 bridgehead atoms. The summed E-state index contributed by atoms with van der Waals surface area (Å²) in [6.07, 6.45) is 0. The molecule has 0 atom stereocenters. The molecule has 0 aliphatic rings. The predicted molar refractivity (Wildman–Crippen MR) is 102 cm³/mol. The van der Waals surface area contributed by atoms with Crippen LogP contribution in [0.5, 0.6) is 0 Å². The molecular weight excluding hydrogens is 292 g/mol. The van der Waals surface area contributed by atoms with Crippen LogP contribution in [-0.4, -0.2) is 4.68 Å². The number of nitrogens with zero attached hydrogens (tertiary/aromatic N) is 2. The number of benzene rings is 2. The van der Waals surface area contributed by atoms with Gasteiger partial charge in [0.25, 0.3) is 0 Å². The Bertz CT molecular complexity index is 1070. The normalized spacial score (nSPS) is 12.3. The van der Waals surface area contributed by atoms with E-state index in [9.17, 15) is 0 Å². The van der Waals surface area contributed by atoms with Gasteiger partial charge in [0, 0.05) is 17.0 Å². The molecule has 2 heterocycles. The first-order valence-electron chi connectivity index (χ1n) is 8.88. The molecule has 2 heteroatoms. The predicted octanol–water partition coefficient (Wildman–Crippen LogP) is 5.55. The zero-order valence-corrected chi connectivity index (χ0v) is 15.2. The number of hydrogen-bond acceptors (Lipinski definition) is 0. The summed E-state index contributed by atoms with van der Waals surface area (Å²) in [5, 5.41) is 4.01. The van der Waals surface area contributed by atoms with E-state index in [1.165, 1.54) is 38.4 Å². The Morgan fingerprint density at radius 2 is 1.50 bits per heavy atom. The van der Waals surface area contributed by atoms with Crippen molar-refractivity contribution in [2.24, 2.45) is 0 Å². The third-order valence-corrected chi connectivity index (χ3v) is 5.03. The molecule has 0 aliphatic carbocycles. The van der Waals surface area contributed by atoms with Crippen molar-refractivity contribution in [1.82, 2.24) is 4.68 Å². The van der Waals surface area contributed by atoms with Gasteiger partial charge in [0.2, 0.25) is 11.0 Å². The van der Waals surface area contributed by atoms with Crippen molar-refractivity contribution in [1.29, 1.82) is 0 Å². The van der Waals surface area contributed by atoms with Gasteiger partial charge < -0.3 is 0 Å². The first kappa shape index (κ1) is 15.2. The lowest BCUT2D eigenvalue weighted by Crippen LogP contribution is -2.36. The largest absolute Gasteiger partial charge is 0.247 e. The summed E-state index contributed by atoms with van der Waals surface area (Å²) < 4.78 is 4.88. The second-order valence-corrected chi connectivity index (χ2v) is 7.36. The quantitative estimate of drug-likeness (QED) is 0.339. The molecule has 0 N–H and O–H groups in total. The van der Waals surface area contributed by atoms with Crippen LogP contribution < -0.4 is 4.52 Å². The Morgan fingerprint density at radius 3 is 2.17 bits per heavy atom. The Balaban J connectivity index is 2.40. The maximum Gasteiger partial charge on any atom is 0.247 e. The minimum Gasteiger partial charge on any atom is -0.149 e. The summed E-state index contributed by atoms with van der Waals surface area (Å²) >= 11 is 0. The van der Waals surface area contributed by atoms with Gasteiger partial charge in [0.15, 0.2) is 0 Å². The summed E-state index contributed by atoms with van der Waals surface area (Å²) in [6.45, 7) is 11.3. The van der Waals surface area contributed by atoms with Gasteiger partial charge in [-0.25, -0.2) is 0 Å². The van der Waals surface area contributed by atoms with E-state index >= 15 is 0 Å². The van der Waals surface area contributed by atoms with E-state index in [4.69, 9.17) is 0 Å². The summed E-state index contributed by atoms with van der Waals surface area (Å²) in [4.78, 5) is 0. The molecular formula is C22H25N2+. The van der Waals surface area contributed by atoms with Gasteiger partial charge in [0.05, 0.1) is 22.5 Å². The van der Waals surface area contributed by atoms with E-state index in [0.29, 0.717) is 12.0 Å². The van der Waals surface area contributed by atoms with Crippen LogP contribution in [0.1, 0.15) is 50.9 Å². The van der Waals surface area contributed by atoms with Crippen molar-refractivity contribution in [3.8, 4) is 0 Å². The molecule has 0 saturated heterocycles. The smallest absolute Gasteiger partial charge is 0.149 e. The molecule has 2 aromatic carbocycles. The van der Waals surface area contributed by atoms with E-state index in [1.54, 1.807) is 0 Å². The van der Waals surface area contributed by atoms with Crippen LogP contribution in [0.3, 0.4) is 0 Å². The molecule has 24 heavy (non-hydrogen) atoms. The van der Waals surface area contributed by atoms with Crippen LogP contribution in [0.4, 0.5) is 0 Å². The summed E-state index contributed by atoms with van der Waals surface area (Å²) in [5.41, 5.74) is 5.37. The minimum atomic E-state index is 0.414. The number of fused-ring (bicyclic) bond motifs is 6. The summed E-state index contributed by atoms with van der Waals surface area (Å²) in [6, 6.07) is 18.3. The van der Waals surface area contributed by atoms with Crippen molar-refractivity contribution >= 4 is 27.2 Å². The van der Waals surface area contributed by atoms with Crippen LogP contribution in [0.25, 0.3) is 27.2 Å². The van der Waals surface area contributed by atoms with Crippen LogP contribution in [0, 0.1) is 6.92 Å². The fourth-order valence-corrected chi connectivity index (χ4v) is 4.08. The second kappa shape index (κ2) is 5.34. The van der Waals surface area contributed by atoms with Gasteiger partial charge in [0.1, 0.15) is 0 Å². The van der Waals surface area contributed by atoms with Crippen molar-refractivity contribution in [3.63, 3.8) is 0 Å². The Morgan fingerprint density at radius 1 is 0.833 bits per heavy atom. The third-order valence-electron chi connectivity index (χ3n) is 5.03. The Kier molecular flexibility index (Phi) is 3.38. The molecule has 2 aromatic heterocycles. The average Bonchev–Trinajstić information content (AvgIpc) is 2.91. The lowest BCUT2D eigenvalue weighted by molar-refractivity contribution is -0.586. The maximum atomic E-state index is 2.45. The molecule has 4 aromatic rings. The van der Waals surface area contributed by atoms with Crippen LogP contribution in [0.15, 0.2) is 48.5 Å². The Hall–Kier alpha value is -2.35. The molecule has 0 fully saturated rings. The van der Waals surface area contributed by atoms with Crippen molar-refractivity contribution in [2.75, 3.05) is 0 Å². The lowest BCUT2D eigenvalue weighted by Gasteiger charge is -2.12. The molecule has 0 unspecified atom stereocenters. The highest BCUT2D eigenvalue weighted by molar-refractivity contribution is 6.10. The van der Waals surface area contributed by atoms with Gasteiger partial charge in [-0.2, -0.15) is 0 Å². The number of aryl methyl sites for hydroxylation is 1. The van der Waals surface area contributed by atoms with Gasteiger partial charge in [-0.15, -0.1) is 4.68 Å². The topological polar surface area (TPSA) is 9.03 Å². The second-order valence-electron chi connectivity index (χ2n) is 7.36. The molecule has 2 nitrogen and oxygen atoms in total. The van der Waals surface area contributed by atoms with Crippen LogP contribution in [0.2, 0.25) is 0 Å². The van der Waals surface area contributed by atoms with E-state index in [2.05, 4.69) is 92.3 Å². The van der Waals surface area contributed by atoms with Crippen molar-refractivity contribution < 1.29 is 4.52 Å². The highest BCUT2D eigenvalue weighted by Gasteiger charge is 2.26. The van der Waals surface area contributed by atoms with Crippen molar-refractivity contribution in [2.45, 2.75) is 46.6 Å². The fourth-order valence-electron chi connectivity index (χ4n) is 4.08. The van der Waals surface area contributed by atoms with Crippen molar-refractivity contribution in [3.05, 3.63) is 59.8 Å². The SMILES string of the molecule is Cc1cc2c3ccccc3c3cccc(C(C)C)c3[n+]2n1C(C)C. The van der Waals surface area contributed by atoms with Gasteiger partial charge in [-0.3, -0.25) is 0 Å². The monoisotopic (exact) mass is 317 g/mol. The average molecular weight is 317 g/mol. The lowest BCUT2D eigenvalue weighted by atomic mass is 9.96. The molecule has 122 valence electrons. The number of aromatic nitrogens is 2. The first-order valence-corrected chi connectivity index (χ1v) is 8.88. The zero-order valence-electron chi connectivity index (χ0n) is 15.2. The molecule has 0 saturated carbocycles.